The summed E-state index contributed by atoms with van der Waals surface area (Å²) in [4.78, 5) is 16.8. The quantitative estimate of drug-likeness (QED) is 0.176. The number of halogens is 5. The second kappa shape index (κ2) is 15.4. The van der Waals surface area contributed by atoms with Crippen molar-refractivity contribution in [2.75, 3.05) is 6.61 Å². The Hall–Kier alpha value is -2.15. The van der Waals surface area contributed by atoms with Gasteiger partial charge in [0.1, 0.15) is 15.5 Å². The van der Waals surface area contributed by atoms with Gasteiger partial charge in [0.2, 0.25) is 5.88 Å². The first-order valence-electron chi connectivity index (χ1n) is 12.2. The van der Waals surface area contributed by atoms with Gasteiger partial charge in [0.25, 0.3) is 0 Å². The maximum absolute atomic E-state index is 6.11. The molecule has 4 aromatic rings. The summed E-state index contributed by atoms with van der Waals surface area (Å²) >= 11 is 29.3. The highest BCUT2D eigenvalue weighted by Crippen LogP contribution is 2.24. The Labute approximate surface area is 248 Å². The highest BCUT2D eigenvalue weighted by atomic mass is 35.5. The Kier molecular flexibility index (Phi) is 12.4. The molecule has 10 heteroatoms. The van der Waals surface area contributed by atoms with E-state index in [2.05, 4.69) is 33.8 Å². The Morgan fingerprint density at radius 3 is 1.61 bits per heavy atom. The van der Waals surface area contributed by atoms with Crippen LogP contribution in [0.15, 0.2) is 60.7 Å². The summed E-state index contributed by atoms with van der Waals surface area (Å²) in [6.07, 6.45) is 4.71. The first-order valence-corrected chi connectivity index (χ1v) is 14.1. The number of rotatable bonds is 9. The zero-order valence-corrected chi connectivity index (χ0v) is 24.8. The lowest BCUT2D eigenvalue weighted by atomic mass is 10.0. The first kappa shape index (κ1) is 30.4. The molecule has 38 heavy (non-hydrogen) atoms. The topological polar surface area (TPSA) is 60.8 Å². The normalized spacial score (nSPS) is 11.4. The zero-order valence-electron chi connectivity index (χ0n) is 21.0. The van der Waals surface area contributed by atoms with Crippen molar-refractivity contribution in [3.05, 3.63) is 86.2 Å². The van der Waals surface area contributed by atoms with Gasteiger partial charge in [-0.2, -0.15) is 4.98 Å². The number of hydrogen-bond donors (Lipinski definition) is 0. The van der Waals surface area contributed by atoms with Crippen molar-refractivity contribution in [1.29, 1.82) is 0 Å². The molecule has 2 aromatic heterocycles. The third kappa shape index (κ3) is 9.87. The van der Waals surface area contributed by atoms with E-state index in [0.29, 0.717) is 55.6 Å². The van der Waals surface area contributed by atoms with Gasteiger partial charge in [-0.15, -0.1) is 0 Å². The predicted octanol–water partition coefficient (Wildman–Crippen LogP) is 10.1. The number of aromatic nitrogens is 4. The highest BCUT2D eigenvalue weighted by molar-refractivity contribution is 6.33. The van der Waals surface area contributed by atoms with Crippen LogP contribution >= 0.6 is 58.0 Å². The average molecular weight is 613 g/mol. The van der Waals surface area contributed by atoms with Crippen molar-refractivity contribution in [3.8, 4) is 28.7 Å². The Bertz CT molecular complexity index is 1280. The molecule has 2 aromatic carbocycles. The van der Waals surface area contributed by atoms with Crippen molar-refractivity contribution in [1.82, 2.24) is 19.9 Å². The molecule has 0 aliphatic carbocycles. The molecule has 1 unspecified atom stereocenters. The Morgan fingerprint density at radius 1 is 0.658 bits per heavy atom. The zero-order chi connectivity index (χ0) is 27.5. The molecule has 4 rings (SSSR count). The number of ether oxygens (including phenoxy) is 1. The van der Waals surface area contributed by atoms with Gasteiger partial charge in [0, 0.05) is 33.3 Å². The van der Waals surface area contributed by atoms with Gasteiger partial charge in [-0.1, -0.05) is 91.1 Å². The fourth-order valence-electron chi connectivity index (χ4n) is 3.42. The van der Waals surface area contributed by atoms with Crippen molar-refractivity contribution in [2.24, 2.45) is 5.92 Å². The van der Waals surface area contributed by atoms with Gasteiger partial charge in [-0.05, 0) is 60.9 Å². The van der Waals surface area contributed by atoms with Crippen LogP contribution in [0.5, 0.6) is 5.88 Å². The van der Waals surface area contributed by atoms with E-state index in [9.17, 15) is 0 Å². The molecule has 0 saturated carbocycles. The maximum atomic E-state index is 6.11. The highest BCUT2D eigenvalue weighted by Gasteiger charge is 2.11. The minimum atomic E-state index is 0.319. The van der Waals surface area contributed by atoms with E-state index in [0.717, 1.165) is 17.5 Å². The van der Waals surface area contributed by atoms with E-state index in [-0.39, 0.29) is 0 Å². The summed E-state index contributed by atoms with van der Waals surface area (Å²) in [7, 11) is 0. The lowest BCUT2D eigenvalue weighted by Gasteiger charge is -2.15. The van der Waals surface area contributed by atoms with Gasteiger partial charge in [-0.3, -0.25) is 0 Å². The standard InChI is InChI=1S/C18H22Cl2N2O.C10H5Cl3N2/c1-3-5-6-13(4-2)12-23-17-11-16(20)21-18(22-17)14-7-9-15(19)10-8-14;11-7-3-1-6(2-4-7)10-14-8(12)5-9(13)15-10/h7-11,13H,3-6,12H2,1-2H3;1-5H. The van der Waals surface area contributed by atoms with E-state index in [4.69, 9.17) is 62.7 Å². The van der Waals surface area contributed by atoms with Gasteiger partial charge >= 0.3 is 0 Å². The number of nitrogens with zero attached hydrogens (tertiary/aromatic N) is 4. The molecule has 0 radical (unpaired) electrons. The largest absolute Gasteiger partial charge is 0.477 e. The van der Waals surface area contributed by atoms with Crippen LogP contribution in [0.4, 0.5) is 0 Å². The molecular formula is C28H27Cl5N4O. The van der Waals surface area contributed by atoms with Crippen LogP contribution in [0.1, 0.15) is 39.5 Å². The molecule has 0 spiro atoms. The van der Waals surface area contributed by atoms with Crippen LogP contribution in [-0.2, 0) is 0 Å². The first-order chi connectivity index (χ1) is 18.3. The molecule has 0 aliphatic heterocycles. The lowest BCUT2D eigenvalue weighted by Crippen LogP contribution is -2.12. The summed E-state index contributed by atoms with van der Waals surface area (Å²) in [5.41, 5.74) is 1.68. The van der Waals surface area contributed by atoms with E-state index in [1.807, 2.05) is 24.3 Å². The summed E-state index contributed by atoms with van der Waals surface area (Å²) in [5, 5.41) is 2.35. The van der Waals surface area contributed by atoms with Gasteiger partial charge in [0.15, 0.2) is 11.6 Å². The van der Waals surface area contributed by atoms with Gasteiger partial charge in [-0.25, -0.2) is 15.0 Å². The Balaban J connectivity index is 0.000000230. The molecule has 200 valence electrons. The maximum Gasteiger partial charge on any atom is 0.218 e. The minimum absolute atomic E-state index is 0.319. The predicted molar refractivity (Wildman–Crippen MR) is 159 cm³/mol. The molecule has 0 saturated heterocycles. The van der Waals surface area contributed by atoms with Crippen LogP contribution in [0.3, 0.4) is 0 Å². The third-order valence-electron chi connectivity index (χ3n) is 5.55. The summed E-state index contributed by atoms with van der Waals surface area (Å²) in [6, 6.07) is 17.6. The molecule has 0 aliphatic rings. The van der Waals surface area contributed by atoms with E-state index >= 15 is 0 Å². The molecule has 5 nitrogen and oxygen atoms in total. The molecule has 1 atom stereocenters. The Morgan fingerprint density at radius 2 is 1.13 bits per heavy atom. The van der Waals surface area contributed by atoms with E-state index < -0.39 is 0 Å². The second-order valence-corrected chi connectivity index (χ2v) is 10.5. The van der Waals surface area contributed by atoms with Crippen LogP contribution < -0.4 is 4.74 Å². The van der Waals surface area contributed by atoms with Crippen molar-refractivity contribution in [3.63, 3.8) is 0 Å². The molecule has 0 fully saturated rings. The van der Waals surface area contributed by atoms with E-state index in [1.54, 1.807) is 30.3 Å². The van der Waals surface area contributed by atoms with Crippen LogP contribution in [0.2, 0.25) is 25.5 Å². The minimum Gasteiger partial charge on any atom is -0.477 e. The summed E-state index contributed by atoms with van der Waals surface area (Å²) < 4.78 is 5.86. The number of benzene rings is 2. The van der Waals surface area contributed by atoms with Crippen molar-refractivity contribution in [2.45, 2.75) is 39.5 Å². The lowest BCUT2D eigenvalue weighted by molar-refractivity contribution is 0.226. The SMILES string of the molecule is CCCCC(CC)COc1cc(Cl)nc(-c2ccc(Cl)cc2)n1.Clc1ccc(-c2nc(Cl)cc(Cl)n2)cc1. The van der Waals surface area contributed by atoms with Gasteiger partial charge in [0.05, 0.1) is 6.61 Å². The molecular weight excluding hydrogens is 586 g/mol. The fraction of sp³-hybridized carbons (Fsp3) is 0.286. The van der Waals surface area contributed by atoms with Crippen molar-refractivity contribution >= 4 is 58.0 Å². The summed E-state index contributed by atoms with van der Waals surface area (Å²) in [6.45, 7) is 5.05. The molecule has 0 amide bonds. The molecule has 0 N–H and O–H groups in total. The third-order valence-corrected chi connectivity index (χ3v) is 6.63. The number of unbranched alkanes of at least 4 members (excludes halogenated alkanes) is 1. The fourth-order valence-corrected chi connectivity index (χ4v) is 4.27. The van der Waals surface area contributed by atoms with E-state index in [1.165, 1.54) is 25.3 Å². The molecule has 0 bridgehead atoms. The molecule has 2 heterocycles. The van der Waals surface area contributed by atoms with Crippen LogP contribution in [0, 0.1) is 5.92 Å². The van der Waals surface area contributed by atoms with Gasteiger partial charge < -0.3 is 4.74 Å². The second-order valence-electron chi connectivity index (χ2n) is 8.43. The van der Waals surface area contributed by atoms with Crippen LogP contribution in [-0.4, -0.2) is 26.5 Å². The summed E-state index contributed by atoms with van der Waals surface area (Å²) in [5.74, 6) is 2.10. The van der Waals surface area contributed by atoms with Crippen LogP contribution in [0.25, 0.3) is 22.8 Å². The monoisotopic (exact) mass is 610 g/mol. The van der Waals surface area contributed by atoms with Crippen molar-refractivity contribution < 1.29 is 4.74 Å². The smallest absolute Gasteiger partial charge is 0.218 e. The average Bonchev–Trinajstić information content (AvgIpc) is 2.89. The number of hydrogen-bond acceptors (Lipinski definition) is 5.